The van der Waals surface area contributed by atoms with Crippen molar-refractivity contribution in [1.82, 2.24) is 10.2 Å². The highest BCUT2D eigenvalue weighted by Crippen LogP contribution is 2.28. The van der Waals surface area contributed by atoms with E-state index in [4.69, 9.17) is 11.6 Å². The molecule has 39 heavy (non-hydrogen) atoms. The third kappa shape index (κ3) is 7.83. The Hall–Kier alpha value is -3.36. The molecule has 0 fully saturated rings. The van der Waals surface area contributed by atoms with Crippen LogP contribution in [0.15, 0.2) is 83.8 Å². The average Bonchev–Trinajstić information content (AvgIpc) is 2.94. The fourth-order valence-electron chi connectivity index (χ4n) is 4.11. The molecule has 7 nitrogen and oxygen atoms in total. The number of halogens is 1. The number of nitrogens with one attached hydrogen (secondary N) is 1. The second-order valence-electron chi connectivity index (χ2n) is 9.77. The quantitative estimate of drug-likeness (QED) is 0.321. The number of carbonyl (C=O) groups is 2. The lowest BCUT2D eigenvalue weighted by Gasteiger charge is -2.32. The lowest BCUT2D eigenvalue weighted by Crippen LogP contribution is -2.51. The van der Waals surface area contributed by atoms with Gasteiger partial charge in [-0.2, -0.15) is 0 Å². The van der Waals surface area contributed by atoms with Crippen molar-refractivity contribution in [2.75, 3.05) is 17.4 Å². The minimum absolute atomic E-state index is 0.0793. The van der Waals surface area contributed by atoms with Crippen LogP contribution in [-0.4, -0.2) is 44.3 Å². The number of hydrogen-bond acceptors (Lipinski definition) is 4. The Morgan fingerprint density at radius 1 is 0.897 bits per heavy atom. The summed E-state index contributed by atoms with van der Waals surface area (Å²) in [6.45, 7) is 7.66. The number of nitrogens with zero attached hydrogens (tertiary/aromatic N) is 2. The minimum atomic E-state index is -4.09. The van der Waals surface area contributed by atoms with Crippen LogP contribution in [0.25, 0.3) is 0 Å². The Bertz CT molecular complexity index is 1360. The Morgan fingerprint density at radius 3 is 2.13 bits per heavy atom. The molecule has 2 amide bonds. The first-order valence-corrected chi connectivity index (χ1v) is 14.8. The van der Waals surface area contributed by atoms with E-state index in [0.717, 1.165) is 15.4 Å². The number of rotatable bonds is 12. The van der Waals surface area contributed by atoms with Crippen molar-refractivity contribution in [3.8, 4) is 0 Å². The van der Waals surface area contributed by atoms with Gasteiger partial charge >= 0.3 is 0 Å². The number of anilines is 1. The van der Waals surface area contributed by atoms with E-state index in [1.165, 1.54) is 17.0 Å². The zero-order chi connectivity index (χ0) is 28.6. The lowest BCUT2D eigenvalue weighted by molar-refractivity contribution is -0.139. The van der Waals surface area contributed by atoms with Gasteiger partial charge in [-0.1, -0.05) is 80.9 Å². The number of aryl methyl sites for hydroxylation is 1. The van der Waals surface area contributed by atoms with Crippen LogP contribution in [0.2, 0.25) is 5.02 Å². The summed E-state index contributed by atoms with van der Waals surface area (Å²) in [4.78, 5) is 28.5. The summed E-state index contributed by atoms with van der Waals surface area (Å²) in [5.74, 6) is -0.571. The number of hydrogen-bond donors (Lipinski definition) is 1. The molecule has 0 aliphatic heterocycles. The van der Waals surface area contributed by atoms with E-state index >= 15 is 0 Å². The molecule has 0 saturated heterocycles. The Labute approximate surface area is 236 Å². The predicted molar refractivity (Wildman–Crippen MR) is 156 cm³/mol. The van der Waals surface area contributed by atoms with Crippen molar-refractivity contribution in [1.29, 1.82) is 0 Å². The molecule has 0 aromatic heterocycles. The van der Waals surface area contributed by atoms with Gasteiger partial charge in [0.1, 0.15) is 12.6 Å². The van der Waals surface area contributed by atoms with E-state index < -0.39 is 28.5 Å². The molecule has 0 saturated carbocycles. The predicted octanol–water partition coefficient (Wildman–Crippen LogP) is 5.29. The molecule has 0 heterocycles. The first-order valence-electron chi connectivity index (χ1n) is 13.0. The summed E-state index contributed by atoms with van der Waals surface area (Å²) in [6.07, 6.45) is 0.577. The van der Waals surface area contributed by atoms with Crippen LogP contribution in [-0.2, 0) is 32.6 Å². The van der Waals surface area contributed by atoms with E-state index in [1.807, 2.05) is 32.9 Å². The Kier molecular flexibility index (Phi) is 10.5. The van der Waals surface area contributed by atoms with Gasteiger partial charge in [-0.3, -0.25) is 13.9 Å². The molecule has 0 radical (unpaired) electrons. The molecule has 0 aliphatic carbocycles. The third-order valence-corrected chi connectivity index (χ3v) is 8.40. The molecule has 0 bridgehead atoms. The summed E-state index contributed by atoms with van der Waals surface area (Å²) >= 11 is 6.05. The number of sulfonamides is 1. The number of carbonyl (C=O) groups excluding carboxylic acids is 2. The second kappa shape index (κ2) is 13.6. The molecule has 0 aliphatic rings. The van der Waals surface area contributed by atoms with Crippen LogP contribution < -0.4 is 9.62 Å². The molecule has 0 unspecified atom stereocenters. The molecule has 9 heteroatoms. The number of amides is 2. The van der Waals surface area contributed by atoms with Gasteiger partial charge in [0.15, 0.2) is 0 Å². The van der Waals surface area contributed by atoms with E-state index in [1.54, 1.807) is 61.5 Å². The fourth-order valence-corrected chi connectivity index (χ4v) is 5.71. The van der Waals surface area contributed by atoms with Gasteiger partial charge in [-0.05, 0) is 60.7 Å². The fraction of sp³-hybridized carbons (Fsp3) is 0.333. The minimum Gasteiger partial charge on any atom is -0.354 e. The summed E-state index contributed by atoms with van der Waals surface area (Å²) in [6, 6.07) is 21.3. The van der Waals surface area contributed by atoms with Crippen LogP contribution in [0, 0.1) is 5.92 Å². The highest BCUT2D eigenvalue weighted by atomic mass is 35.5. The zero-order valence-electron chi connectivity index (χ0n) is 22.8. The average molecular weight is 570 g/mol. The highest BCUT2D eigenvalue weighted by Gasteiger charge is 2.33. The molecule has 208 valence electrons. The van der Waals surface area contributed by atoms with Crippen molar-refractivity contribution < 1.29 is 18.0 Å². The van der Waals surface area contributed by atoms with E-state index in [-0.39, 0.29) is 23.3 Å². The smallest absolute Gasteiger partial charge is 0.264 e. The maximum atomic E-state index is 14.0. The van der Waals surface area contributed by atoms with Crippen molar-refractivity contribution in [3.05, 3.63) is 95.0 Å². The lowest BCUT2D eigenvalue weighted by atomic mass is 10.1. The van der Waals surface area contributed by atoms with E-state index in [0.29, 0.717) is 23.7 Å². The van der Waals surface area contributed by atoms with Crippen LogP contribution in [0.3, 0.4) is 0 Å². The van der Waals surface area contributed by atoms with Crippen LogP contribution in [0.4, 0.5) is 5.69 Å². The van der Waals surface area contributed by atoms with Crippen molar-refractivity contribution in [3.63, 3.8) is 0 Å². The first-order chi connectivity index (χ1) is 18.5. The maximum absolute atomic E-state index is 14.0. The van der Waals surface area contributed by atoms with Crippen LogP contribution >= 0.6 is 11.6 Å². The standard InChI is InChI=1S/C30H36ClN3O4S/c1-5-25-11-9-10-14-28(25)34(39(37,38)27-12-7-6-8-13-27)21-29(35)33(20-24-15-17-26(31)18-16-24)23(4)30(36)32-19-22(2)3/h6-18,22-23H,5,19-21H2,1-4H3,(H,32,36)/t23-/m1/s1. The highest BCUT2D eigenvalue weighted by molar-refractivity contribution is 7.92. The maximum Gasteiger partial charge on any atom is 0.264 e. The van der Waals surface area contributed by atoms with Gasteiger partial charge in [0.05, 0.1) is 10.6 Å². The summed E-state index contributed by atoms with van der Waals surface area (Å²) in [5.41, 5.74) is 1.99. The SMILES string of the molecule is CCc1ccccc1N(CC(=O)N(Cc1ccc(Cl)cc1)[C@H](C)C(=O)NCC(C)C)S(=O)(=O)c1ccccc1. The van der Waals surface area contributed by atoms with Crippen molar-refractivity contribution >= 4 is 39.1 Å². The molecule has 0 spiro atoms. The number of benzene rings is 3. The molecule has 3 aromatic rings. The second-order valence-corrected chi connectivity index (χ2v) is 12.1. The largest absolute Gasteiger partial charge is 0.354 e. The van der Waals surface area contributed by atoms with Crippen molar-refractivity contribution in [2.24, 2.45) is 5.92 Å². The van der Waals surface area contributed by atoms with Crippen LogP contribution in [0.1, 0.15) is 38.8 Å². The molecule has 3 aromatic carbocycles. The normalized spacial score (nSPS) is 12.2. The van der Waals surface area contributed by atoms with Gasteiger partial charge in [0.25, 0.3) is 10.0 Å². The summed E-state index contributed by atoms with van der Waals surface area (Å²) in [5, 5.41) is 3.44. The molecule has 1 atom stereocenters. The number of para-hydroxylation sites is 1. The van der Waals surface area contributed by atoms with Crippen molar-refractivity contribution in [2.45, 2.75) is 51.6 Å². The topological polar surface area (TPSA) is 86.8 Å². The third-order valence-electron chi connectivity index (χ3n) is 6.37. The van der Waals surface area contributed by atoms with Crippen LogP contribution in [0.5, 0.6) is 0 Å². The van der Waals surface area contributed by atoms with Gasteiger partial charge in [-0.25, -0.2) is 8.42 Å². The van der Waals surface area contributed by atoms with E-state index in [2.05, 4.69) is 5.32 Å². The Balaban J connectivity index is 2.03. The van der Waals surface area contributed by atoms with Gasteiger partial charge < -0.3 is 10.2 Å². The summed E-state index contributed by atoms with van der Waals surface area (Å²) in [7, 11) is -4.09. The van der Waals surface area contributed by atoms with E-state index in [9.17, 15) is 18.0 Å². The Morgan fingerprint density at radius 2 is 1.51 bits per heavy atom. The summed E-state index contributed by atoms with van der Waals surface area (Å²) < 4.78 is 28.9. The molecular formula is C30H36ClN3O4S. The van der Waals surface area contributed by atoms with Gasteiger partial charge in [0.2, 0.25) is 11.8 Å². The zero-order valence-corrected chi connectivity index (χ0v) is 24.4. The monoisotopic (exact) mass is 569 g/mol. The first kappa shape index (κ1) is 30.2. The molecular weight excluding hydrogens is 534 g/mol. The molecule has 1 N–H and O–H groups in total. The van der Waals surface area contributed by atoms with Gasteiger partial charge in [-0.15, -0.1) is 0 Å². The van der Waals surface area contributed by atoms with Gasteiger partial charge in [0, 0.05) is 18.1 Å². The molecule has 3 rings (SSSR count).